The van der Waals surface area contributed by atoms with E-state index in [1.807, 2.05) is 0 Å². The predicted molar refractivity (Wildman–Crippen MR) is 96.2 cm³/mol. The van der Waals surface area contributed by atoms with E-state index in [0.717, 1.165) is 0 Å². The number of carboxylic acid groups (broad SMARTS) is 2. The summed E-state index contributed by atoms with van der Waals surface area (Å²) in [5.41, 5.74) is 2.59. The number of aromatic nitrogens is 1. The molecule has 1 heterocycles. The highest BCUT2D eigenvalue weighted by Gasteiger charge is 2.05. The van der Waals surface area contributed by atoms with Gasteiger partial charge in [-0.3, -0.25) is 0 Å². The molecular weight excluding hydrogens is 318 g/mol. The number of carboxylic acids is 2. The van der Waals surface area contributed by atoms with Crippen LogP contribution in [0.1, 0.15) is 20.7 Å². The molecular formula is C20H15NO4. The van der Waals surface area contributed by atoms with Crippen LogP contribution in [0.15, 0.2) is 72.8 Å². The van der Waals surface area contributed by atoms with E-state index in [1.54, 1.807) is 0 Å². The Hall–Kier alpha value is -3.60. The summed E-state index contributed by atoms with van der Waals surface area (Å²) in [6.45, 7) is 0. The van der Waals surface area contributed by atoms with Crippen molar-refractivity contribution in [3.8, 4) is 0 Å². The molecule has 0 saturated heterocycles. The van der Waals surface area contributed by atoms with Crippen LogP contribution in [0.2, 0.25) is 0 Å². The SMILES string of the molecule is O=C(O)c1ccc(C(=O)O)cc1.c1ccc2c(c1)[nH]c1ccccc12. The van der Waals surface area contributed by atoms with Crippen molar-refractivity contribution in [2.75, 3.05) is 0 Å². The van der Waals surface area contributed by atoms with Gasteiger partial charge < -0.3 is 15.2 Å². The fourth-order valence-electron chi connectivity index (χ4n) is 2.55. The lowest BCUT2D eigenvalue weighted by atomic mass is 10.1. The maximum atomic E-state index is 10.3. The van der Waals surface area contributed by atoms with Gasteiger partial charge in [0.25, 0.3) is 0 Å². The molecule has 0 saturated carbocycles. The Bertz CT molecular complexity index is 965. The highest BCUT2D eigenvalue weighted by Crippen LogP contribution is 2.24. The zero-order valence-electron chi connectivity index (χ0n) is 13.1. The van der Waals surface area contributed by atoms with E-state index in [2.05, 4.69) is 53.5 Å². The first-order valence-corrected chi connectivity index (χ1v) is 7.58. The summed E-state index contributed by atoms with van der Waals surface area (Å²) in [6.07, 6.45) is 0. The molecule has 124 valence electrons. The molecule has 4 aromatic rings. The van der Waals surface area contributed by atoms with E-state index in [9.17, 15) is 9.59 Å². The Morgan fingerprint density at radius 1 is 0.600 bits per heavy atom. The zero-order valence-corrected chi connectivity index (χ0v) is 13.1. The Balaban J connectivity index is 0.000000147. The van der Waals surface area contributed by atoms with Crippen LogP contribution in [0.25, 0.3) is 21.8 Å². The fraction of sp³-hybridized carbons (Fsp3) is 0. The number of aromatic amines is 1. The van der Waals surface area contributed by atoms with Crippen LogP contribution in [0.4, 0.5) is 0 Å². The summed E-state index contributed by atoms with van der Waals surface area (Å²) in [4.78, 5) is 24.0. The van der Waals surface area contributed by atoms with Gasteiger partial charge in [0, 0.05) is 21.8 Å². The highest BCUT2D eigenvalue weighted by molar-refractivity contribution is 6.06. The lowest BCUT2D eigenvalue weighted by Crippen LogP contribution is -1.99. The zero-order chi connectivity index (χ0) is 17.8. The van der Waals surface area contributed by atoms with Crippen LogP contribution in [0.3, 0.4) is 0 Å². The Kier molecular flexibility index (Phi) is 4.48. The largest absolute Gasteiger partial charge is 0.478 e. The minimum Gasteiger partial charge on any atom is -0.478 e. The summed E-state index contributed by atoms with van der Waals surface area (Å²) in [5.74, 6) is -2.13. The molecule has 0 unspecified atom stereocenters. The molecule has 3 N–H and O–H groups in total. The van der Waals surface area contributed by atoms with E-state index < -0.39 is 11.9 Å². The van der Waals surface area contributed by atoms with E-state index >= 15 is 0 Å². The average molecular weight is 333 g/mol. The van der Waals surface area contributed by atoms with Crippen molar-refractivity contribution >= 4 is 33.7 Å². The van der Waals surface area contributed by atoms with Gasteiger partial charge in [-0.1, -0.05) is 36.4 Å². The Labute approximate surface area is 143 Å². The van der Waals surface area contributed by atoms with E-state index in [0.29, 0.717) is 0 Å². The van der Waals surface area contributed by atoms with Gasteiger partial charge >= 0.3 is 11.9 Å². The number of hydrogen-bond donors (Lipinski definition) is 3. The van der Waals surface area contributed by atoms with Crippen LogP contribution < -0.4 is 0 Å². The number of aromatic carboxylic acids is 2. The third-order valence-electron chi connectivity index (χ3n) is 3.79. The summed E-state index contributed by atoms with van der Waals surface area (Å²) in [6, 6.07) is 21.8. The monoisotopic (exact) mass is 333 g/mol. The predicted octanol–water partition coefficient (Wildman–Crippen LogP) is 4.40. The number of H-pyrrole nitrogens is 1. The van der Waals surface area contributed by atoms with E-state index in [4.69, 9.17) is 10.2 Å². The first-order valence-electron chi connectivity index (χ1n) is 7.58. The molecule has 0 atom stereocenters. The third-order valence-corrected chi connectivity index (χ3v) is 3.79. The third kappa shape index (κ3) is 3.50. The van der Waals surface area contributed by atoms with Gasteiger partial charge in [-0.15, -0.1) is 0 Å². The summed E-state index contributed by atoms with van der Waals surface area (Å²) in [7, 11) is 0. The van der Waals surface area contributed by atoms with Crippen LogP contribution in [-0.2, 0) is 0 Å². The van der Waals surface area contributed by atoms with Crippen molar-refractivity contribution in [1.82, 2.24) is 4.98 Å². The Morgan fingerprint density at radius 3 is 1.32 bits per heavy atom. The van der Waals surface area contributed by atoms with Crippen LogP contribution in [-0.4, -0.2) is 27.1 Å². The van der Waals surface area contributed by atoms with Crippen molar-refractivity contribution in [2.24, 2.45) is 0 Å². The van der Waals surface area contributed by atoms with Gasteiger partial charge in [0.1, 0.15) is 0 Å². The second-order valence-corrected chi connectivity index (χ2v) is 5.40. The van der Waals surface area contributed by atoms with Crippen molar-refractivity contribution in [1.29, 1.82) is 0 Å². The quantitative estimate of drug-likeness (QED) is 0.507. The highest BCUT2D eigenvalue weighted by atomic mass is 16.4. The molecule has 0 fully saturated rings. The molecule has 0 spiro atoms. The minimum absolute atomic E-state index is 0.0833. The standard InChI is InChI=1S/C12H9N.C8H6O4/c1-3-7-11-9(5-1)10-6-2-4-8-12(10)13-11;9-7(10)5-1-2-6(4-3-5)8(11)12/h1-8,13H;1-4H,(H,9,10)(H,11,12). The molecule has 5 nitrogen and oxygen atoms in total. The average Bonchev–Trinajstić information content (AvgIpc) is 3.01. The van der Waals surface area contributed by atoms with Gasteiger partial charge in [0.2, 0.25) is 0 Å². The summed E-state index contributed by atoms with van der Waals surface area (Å²) in [5, 5.41) is 19.5. The van der Waals surface area contributed by atoms with Crippen LogP contribution >= 0.6 is 0 Å². The molecule has 0 aliphatic rings. The van der Waals surface area contributed by atoms with Crippen molar-refractivity contribution in [3.63, 3.8) is 0 Å². The number of carbonyl (C=O) groups is 2. The van der Waals surface area contributed by atoms with Crippen LogP contribution in [0, 0.1) is 0 Å². The first-order chi connectivity index (χ1) is 12.1. The Morgan fingerprint density at radius 2 is 0.960 bits per heavy atom. The topological polar surface area (TPSA) is 90.4 Å². The number of fused-ring (bicyclic) bond motifs is 3. The number of benzene rings is 3. The number of nitrogens with one attached hydrogen (secondary N) is 1. The number of rotatable bonds is 2. The molecule has 4 rings (SSSR count). The molecule has 0 bridgehead atoms. The second kappa shape index (κ2) is 6.88. The van der Waals surface area contributed by atoms with Gasteiger partial charge in [0.05, 0.1) is 11.1 Å². The van der Waals surface area contributed by atoms with Crippen molar-refractivity contribution < 1.29 is 19.8 Å². The molecule has 0 aliphatic carbocycles. The molecule has 0 radical (unpaired) electrons. The van der Waals surface area contributed by atoms with Gasteiger partial charge in [-0.2, -0.15) is 0 Å². The fourth-order valence-corrected chi connectivity index (χ4v) is 2.55. The molecule has 0 aliphatic heterocycles. The number of hydrogen-bond acceptors (Lipinski definition) is 2. The smallest absolute Gasteiger partial charge is 0.335 e. The van der Waals surface area contributed by atoms with Gasteiger partial charge in [0.15, 0.2) is 0 Å². The molecule has 5 heteroatoms. The lowest BCUT2D eigenvalue weighted by molar-refractivity contribution is 0.0681. The van der Waals surface area contributed by atoms with E-state index in [-0.39, 0.29) is 11.1 Å². The van der Waals surface area contributed by atoms with Crippen molar-refractivity contribution in [2.45, 2.75) is 0 Å². The molecule has 1 aromatic heterocycles. The molecule has 25 heavy (non-hydrogen) atoms. The molecule has 0 amide bonds. The summed E-state index contributed by atoms with van der Waals surface area (Å²) < 4.78 is 0. The second-order valence-electron chi connectivity index (χ2n) is 5.40. The minimum atomic E-state index is -1.06. The number of para-hydroxylation sites is 2. The normalized spacial score (nSPS) is 10.2. The summed E-state index contributed by atoms with van der Waals surface area (Å²) >= 11 is 0. The van der Waals surface area contributed by atoms with E-state index in [1.165, 1.54) is 46.1 Å². The van der Waals surface area contributed by atoms with Crippen molar-refractivity contribution in [3.05, 3.63) is 83.9 Å². The van der Waals surface area contributed by atoms with Crippen LogP contribution in [0.5, 0.6) is 0 Å². The van der Waals surface area contributed by atoms with Gasteiger partial charge in [-0.25, -0.2) is 9.59 Å². The first kappa shape index (κ1) is 16.3. The maximum Gasteiger partial charge on any atom is 0.335 e. The maximum absolute atomic E-state index is 10.3. The van der Waals surface area contributed by atoms with Gasteiger partial charge in [-0.05, 0) is 36.4 Å². The molecule has 3 aromatic carbocycles. The lowest BCUT2D eigenvalue weighted by Gasteiger charge is -1.94.